The number of hydrogen-bond acceptors (Lipinski definition) is 4. The zero-order valence-electron chi connectivity index (χ0n) is 15.8. The van der Waals surface area contributed by atoms with E-state index in [0.717, 1.165) is 51.5 Å². The first-order valence-electron chi connectivity index (χ1n) is 9.47. The summed E-state index contributed by atoms with van der Waals surface area (Å²) in [6.45, 7) is 10.5. The third kappa shape index (κ3) is 4.41. The Hall–Kier alpha value is -2.40. The molecule has 0 saturated carbocycles. The highest BCUT2D eigenvalue weighted by atomic mass is 16.2. The average Bonchev–Trinajstić information content (AvgIpc) is 2.72. The van der Waals surface area contributed by atoms with Gasteiger partial charge in [-0.15, -0.1) is 0 Å². The highest BCUT2D eigenvalue weighted by Gasteiger charge is 2.22. The summed E-state index contributed by atoms with van der Waals surface area (Å²) in [6, 6.07) is 14.3. The summed E-state index contributed by atoms with van der Waals surface area (Å²) in [4.78, 5) is 23.7. The number of likely N-dealkylation sites (N-methyl/N-ethyl adjacent to an activating group) is 1. The van der Waals surface area contributed by atoms with E-state index >= 15 is 0 Å². The van der Waals surface area contributed by atoms with Crippen molar-refractivity contribution in [3.63, 3.8) is 0 Å². The monoisotopic (exact) mass is 352 g/mol. The Balaban J connectivity index is 1.64. The summed E-state index contributed by atoms with van der Waals surface area (Å²) in [7, 11) is 0. The van der Waals surface area contributed by atoms with Gasteiger partial charge in [-0.3, -0.25) is 4.79 Å². The van der Waals surface area contributed by atoms with Gasteiger partial charge in [-0.1, -0.05) is 37.3 Å². The maximum atomic E-state index is 12.7. The minimum atomic E-state index is 0.0402. The topological polar surface area (TPSA) is 39.7 Å². The molecule has 138 valence electrons. The van der Waals surface area contributed by atoms with Crippen LogP contribution in [0.1, 0.15) is 29.9 Å². The second-order valence-corrected chi connectivity index (χ2v) is 6.63. The Labute approximate surface area is 156 Å². The van der Waals surface area contributed by atoms with E-state index in [1.54, 1.807) is 0 Å². The Morgan fingerprint density at radius 2 is 1.77 bits per heavy atom. The lowest BCUT2D eigenvalue weighted by molar-refractivity contribution is 0.0637. The van der Waals surface area contributed by atoms with Crippen molar-refractivity contribution in [2.24, 2.45) is 0 Å². The van der Waals surface area contributed by atoms with E-state index in [-0.39, 0.29) is 5.91 Å². The van der Waals surface area contributed by atoms with E-state index in [1.165, 1.54) is 5.56 Å². The van der Waals surface area contributed by atoms with Crippen molar-refractivity contribution >= 4 is 11.6 Å². The molecule has 1 aromatic heterocycles. The molecule has 1 aliphatic rings. The molecule has 0 N–H and O–H groups in total. The van der Waals surface area contributed by atoms with Crippen LogP contribution in [0.25, 0.3) is 0 Å². The molecule has 3 rings (SSSR count). The van der Waals surface area contributed by atoms with Gasteiger partial charge in [0.1, 0.15) is 5.69 Å². The van der Waals surface area contributed by atoms with Crippen LogP contribution in [0.2, 0.25) is 0 Å². The van der Waals surface area contributed by atoms with Crippen LogP contribution in [-0.2, 0) is 6.54 Å². The first-order chi connectivity index (χ1) is 12.7. The zero-order chi connectivity index (χ0) is 18.4. The van der Waals surface area contributed by atoms with Gasteiger partial charge in [-0.2, -0.15) is 0 Å². The highest BCUT2D eigenvalue weighted by Crippen LogP contribution is 2.17. The molecule has 1 fully saturated rings. The Kier molecular flexibility index (Phi) is 6.23. The molecular formula is C21H28N4O. The number of piperazine rings is 1. The van der Waals surface area contributed by atoms with Gasteiger partial charge in [0.2, 0.25) is 0 Å². The van der Waals surface area contributed by atoms with Gasteiger partial charge < -0.3 is 14.7 Å². The zero-order valence-corrected chi connectivity index (χ0v) is 15.8. The number of pyridine rings is 1. The molecule has 0 unspecified atom stereocenters. The van der Waals surface area contributed by atoms with Crippen molar-refractivity contribution in [3.05, 3.63) is 59.9 Å². The first kappa shape index (κ1) is 18.4. The third-order valence-corrected chi connectivity index (χ3v) is 5.04. The number of benzene rings is 1. The average molecular weight is 352 g/mol. The maximum absolute atomic E-state index is 12.7. The van der Waals surface area contributed by atoms with Crippen LogP contribution in [0.4, 0.5) is 5.69 Å². The number of hydrogen-bond donors (Lipinski definition) is 0. The number of carbonyl (C=O) groups is 1. The summed E-state index contributed by atoms with van der Waals surface area (Å²) >= 11 is 0. The molecule has 2 heterocycles. The lowest BCUT2D eigenvalue weighted by Crippen LogP contribution is -2.48. The van der Waals surface area contributed by atoms with Crippen molar-refractivity contribution in [2.75, 3.05) is 44.2 Å². The van der Waals surface area contributed by atoms with Crippen LogP contribution in [0, 0.1) is 0 Å². The molecule has 0 atom stereocenters. The van der Waals surface area contributed by atoms with E-state index < -0.39 is 0 Å². The SMILES string of the molecule is CCN1CCN(C(=O)c2ccc(N(CC)Cc3ccccc3)cn2)CC1. The maximum Gasteiger partial charge on any atom is 0.272 e. The van der Waals surface area contributed by atoms with E-state index in [1.807, 2.05) is 29.3 Å². The molecule has 1 aliphatic heterocycles. The van der Waals surface area contributed by atoms with E-state index in [4.69, 9.17) is 0 Å². The van der Waals surface area contributed by atoms with Gasteiger partial charge in [-0.25, -0.2) is 4.98 Å². The fourth-order valence-corrected chi connectivity index (χ4v) is 3.32. The van der Waals surface area contributed by atoms with Crippen LogP contribution >= 0.6 is 0 Å². The fraction of sp³-hybridized carbons (Fsp3) is 0.429. The summed E-state index contributed by atoms with van der Waals surface area (Å²) in [5.74, 6) is 0.0402. The van der Waals surface area contributed by atoms with Crippen molar-refractivity contribution < 1.29 is 4.79 Å². The minimum absolute atomic E-state index is 0.0402. The standard InChI is InChI=1S/C21H28N4O/c1-3-23-12-14-25(15-13-23)21(26)20-11-10-19(16-22-20)24(4-2)17-18-8-6-5-7-9-18/h5-11,16H,3-4,12-15,17H2,1-2H3. The number of nitrogens with zero attached hydrogens (tertiary/aromatic N) is 4. The lowest BCUT2D eigenvalue weighted by atomic mass is 10.2. The molecule has 1 saturated heterocycles. The number of amides is 1. The van der Waals surface area contributed by atoms with Crippen LogP contribution in [0.5, 0.6) is 0 Å². The molecule has 0 radical (unpaired) electrons. The molecule has 0 spiro atoms. The van der Waals surface area contributed by atoms with Gasteiger partial charge in [0.25, 0.3) is 5.91 Å². The molecule has 2 aromatic rings. The van der Waals surface area contributed by atoms with Gasteiger partial charge in [0.05, 0.1) is 11.9 Å². The Morgan fingerprint density at radius 1 is 1.04 bits per heavy atom. The first-order valence-corrected chi connectivity index (χ1v) is 9.47. The van der Waals surface area contributed by atoms with Crippen LogP contribution in [-0.4, -0.2) is 60.0 Å². The molecule has 1 aromatic carbocycles. The second-order valence-electron chi connectivity index (χ2n) is 6.63. The quantitative estimate of drug-likeness (QED) is 0.801. The summed E-state index contributed by atoms with van der Waals surface area (Å²) in [5.41, 5.74) is 2.85. The molecular weight excluding hydrogens is 324 g/mol. The van der Waals surface area contributed by atoms with E-state index in [9.17, 15) is 4.79 Å². The van der Waals surface area contributed by atoms with Gasteiger partial charge >= 0.3 is 0 Å². The van der Waals surface area contributed by atoms with Gasteiger partial charge in [-0.05, 0) is 31.2 Å². The number of aromatic nitrogens is 1. The molecule has 1 amide bonds. The van der Waals surface area contributed by atoms with Gasteiger partial charge in [0.15, 0.2) is 0 Å². The summed E-state index contributed by atoms with van der Waals surface area (Å²) < 4.78 is 0. The van der Waals surface area contributed by atoms with Crippen molar-refractivity contribution in [2.45, 2.75) is 20.4 Å². The van der Waals surface area contributed by atoms with Crippen molar-refractivity contribution in [1.82, 2.24) is 14.8 Å². The summed E-state index contributed by atoms with van der Waals surface area (Å²) in [5, 5.41) is 0. The fourth-order valence-electron chi connectivity index (χ4n) is 3.32. The molecule has 0 aliphatic carbocycles. The largest absolute Gasteiger partial charge is 0.366 e. The third-order valence-electron chi connectivity index (χ3n) is 5.04. The highest BCUT2D eigenvalue weighted by molar-refractivity contribution is 5.92. The Morgan fingerprint density at radius 3 is 2.35 bits per heavy atom. The number of anilines is 1. The number of carbonyl (C=O) groups excluding carboxylic acids is 1. The van der Waals surface area contributed by atoms with E-state index in [0.29, 0.717) is 5.69 Å². The van der Waals surface area contributed by atoms with Crippen LogP contribution in [0.3, 0.4) is 0 Å². The van der Waals surface area contributed by atoms with E-state index in [2.05, 4.69) is 52.9 Å². The molecule has 0 bridgehead atoms. The molecule has 26 heavy (non-hydrogen) atoms. The molecule has 5 heteroatoms. The van der Waals surface area contributed by atoms with Crippen molar-refractivity contribution in [3.8, 4) is 0 Å². The van der Waals surface area contributed by atoms with Crippen molar-refractivity contribution in [1.29, 1.82) is 0 Å². The summed E-state index contributed by atoms with van der Waals surface area (Å²) in [6.07, 6.45) is 1.82. The number of rotatable bonds is 6. The lowest BCUT2D eigenvalue weighted by Gasteiger charge is -2.33. The normalized spacial score (nSPS) is 15.1. The van der Waals surface area contributed by atoms with Gasteiger partial charge in [0, 0.05) is 39.3 Å². The minimum Gasteiger partial charge on any atom is -0.366 e. The predicted molar refractivity (Wildman–Crippen MR) is 105 cm³/mol. The molecule has 5 nitrogen and oxygen atoms in total. The van der Waals surface area contributed by atoms with Crippen LogP contribution in [0.15, 0.2) is 48.7 Å². The predicted octanol–water partition coefficient (Wildman–Crippen LogP) is 2.89. The van der Waals surface area contributed by atoms with Crippen LogP contribution < -0.4 is 4.90 Å². The Bertz CT molecular complexity index is 694. The second kappa shape index (κ2) is 8.81. The smallest absolute Gasteiger partial charge is 0.272 e.